The van der Waals surface area contributed by atoms with E-state index in [4.69, 9.17) is 0 Å². The lowest BCUT2D eigenvalue weighted by molar-refractivity contribution is 0.0956. The van der Waals surface area contributed by atoms with E-state index in [1.165, 1.54) is 5.56 Å². The zero-order chi connectivity index (χ0) is 13.6. The molecular weight excluding hydrogens is 224 g/mol. The first kappa shape index (κ1) is 15.2. The van der Waals surface area contributed by atoms with E-state index < -0.39 is 5.41 Å². The van der Waals surface area contributed by atoms with E-state index in [0.717, 1.165) is 24.8 Å². The molecule has 0 aliphatic rings. The number of hydrogen-bond acceptors (Lipinski definition) is 2. The summed E-state index contributed by atoms with van der Waals surface area (Å²) in [4.78, 5) is 0. The molecule has 102 valence electrons. The number of aliphatic hydroxyl groups excluding tert-OH is 2. The number of aliphatic hydroxyl groups is 2. The Morgan fingerprint density at radius 2 is 1.67 bits per heavy atom. The number of aryl methyl sites for hydroxylation is 1. The molecule has 18 heavy (non-hydrogen) atoms. The standard InChI is InChI=1S/C16H26O2/c1-4-5-14(3)10-16(11-17,12-18)15-8-6-13(2)7-9-15/h6-9,14,17-18H,4-5,10-12H2,1-3H3. The maximum Gasteiger partial charge on any atom is 0.0550 e. The normalized spacial score (nSPS) is 13.6. The lowest BCUT2D eigenvalue weighted by Crippen LogP contribution is -2.36. The van der Waals surface area contributed by atoms with Crippen LogP contribution >= 0.6 is 0 Å². The molecular formula is C16H26O2. The topological polar surface area (TPSA) is 40.5 Å². The van der Waals surface area contributed by atoms with E-state index in [1.54, 1.807) is 0 Å². The highest BCUT2D eigenvalue weighted by Gasteiger charge is 2.32. The van der Waals surface area contributed by atoms with E-state index in [9.17, 15) is 10.2 Å². The van der Waals surface area contributed by atoms with Gasteiger partial charge < -0.3 is 10.2 Å². The van der Waals surface area contributed by atoms with Gasteiger partial charge in [0.15, 0.2) is 0 Å². The Balaban J connectivity index is 2.95. The average molecular weight is 250 g/mol. The van der Waals surface area contributed by atoms with Crippen LogP contribution in [0.5, 0.6) is 0 Å². The van der Waals surface area contributed by atoms with Gasteiger partial charge in [0.1, 0.15) is 0 Å². The summed E-state index contributed by atoms with van der Waals surface area (Å²) in [5, 5.41) is 19.5. The fourth-order valence-electron chi connectivity index (χ4n) is 2.65. The van der Waals surface area contributed by atoms with Gasteiger partial charge in [-0.25, -0.2) is 0 Å². The fourth-order valence-corrected chi connectivity index (χ4v) is 2.65. The number of benzene rings is 1. The Morgan fingerprint density at radius 3 is 2.11 bits per heavy atom. The molecule has 0 heterocycles. The van der Waals surface area contributed by atoms with Crippen LogP contribution in [0.3, 0.4) is 0 Å². The highest BCUT2D eigenvalue weighted by atomic mass is 16.3. The first-order chi connectivity index (χ1) is 8.57. The zero-order valence-electron chi connectivity index (χ0n) is 11.8. The summed E-state index contributed by atoms with van der Waals surface area (Å²) in [6.45, 7) is 6.41. The molecule has 2 nitrogen and oxygen atoms in total. The Bertz CT molecular complexity index is 339. The molecule has 1 aromatic carbocycles. The average Bonchev–Trinajstić information content (AvgIpc) is 2.37. The minimum absolute atomic E-state index is 0.000610. The smallest absolute Gasteiger partial charge is 0.0550 e. The van der Waals surface area contributed by atoms with Gasteiger partial charge in [-0.05, 0) is 24.8 Å². The van der Waals surface area contributed by atoms with Gasteiger partial charge in [0.25, 0.3) is 0 Å². The van der Waals surface area contributed by atoms with Crippen LogP contribution in [0.4, 0.5) is 0 Å². The first-order valence-corrected chi connectivity index (χ1v) is 6.87. The Morgan fingerprint density at radius 1 is 1.11 bits per heavy atom. The van der Waals surface area contributed by atoms with Crippen LogP contribution in [0, 0.1) is 12.8 Å². The van der Waals surface area contributed by atoms with Crippen molar-refractivity contribution in [3.05, 3.63) is 35.4 Å². The molecule has 0 fully saturated rings. The van der Waals surface area contributed by atoms with Crippen molar-refractivity contribution in [2.24, 2.45) is 5.92 Å². The molecule has 1 rings (SSSR count). The second kappa shape index (κ2) is 6.91. The van der Waals surface area contributed by atoms with Crippen LogP contribution in [0.15, 0.2) is 24.3 Å². The minimum Gasteiger partial charge on any atom is -0.395 e. The van der Waals surface area contributed by atoms with E-state index >= 15 is 0 Å². The van der Waals surface area contributed by atoms with E-state index in [-0.39, 0.29) is 13.2 Å². The van der Waals surface area contributed by atoms with Gasteiger partial charge in [0.05, 0.1) is 13.2 Å². The summed E-state index contributed by atoms with van der Waals surface area (Å²) >= 11 is 0. The maximum absolute atomic E-state index is 9.76. The van der Waals surface area contributed by atoms with Crippen LogP contribution in [0.2, 0.25) is 0 Å². The molecule has 1 unspecified atom stereocenters. The molecule has 2 heteroatoms. The molecule has 0 aromatic heterocycles. The van der Waals surface area contributed by atoms with Crippen LogP contribution in [-0.2, 0) is 5.41 Å². The third-order valence-electron chi connectivity index (χ3n) is 3.79. The second-order valence-corrected chi connectivity index (χ2v) is 5.56. The predicted molar refractivity (Wildman–Crippen MR) is 75.7 cm³/mol. The van der Waals surface area contributed by atoms with Gasteiger partial charge in [0.2, 0.25) is 0 Å². The summed E-state index contributed by atoms with van der Waals surface area (Å²) < 4.78 is 0. The predicted octanol–water partition coefficient (Wildman–Crippen LogP) is 3.04. The number of hydrogen-bond donors (Lipinski definition) is 2. The van der Waals surface area contributed by atoms with Crippen LogP contribution in [0.25, 0.3) is 0 Å². The van der Waals surface area contributed by atoms with Gasteiger partial charge >= 0.3 is 0 Å². The SMILES string of the molecule is CCCC(C)CC(CO)(CO)c1ccc(C)cc1. The lowest BCUT2D eigenvalue weighted by Gasteiger charge is -2.33. The molecule has 0 saturated heterocycles. The van der Waals surface area contributed by atoms with Crippen molar-refractivity contribution in [3.8, 4) is 0 Å². The molecule has 0 aliphatic carbocycles. The Hall–Kier alpha value is -0.860. The summed E-state index contributed by atoms with van der Waals surface area (Å²) in [7, 11) is 0. The van der Waals surface area contributed by atoms with E-state index in [1.807, 2.05) is 31.2 Å². The van der Waals surface area contributed by atoms with Crippen LogP contribution < -0.4 is 0 Å². The molecule has 0 bridgehead atoms. The van der Waals surface area contributed by atoms with Gasteiger partial charge in [-0.2, -0.15) is 0 Å². The van der Waals surface area contributed by atoms with Crippen molar-refractivity contribution in [3.63, 3.8) is 0 Å². The van der Waals surface area contributed by atoms with Crippen LogP contribution in [0.1, 0.15) is 44.2 Å². The highest BCUT2D eigenvalue weighted by Crippen LogP contribution is 2.32. The van der Waals surface area contributed by atoms with Crippen LogP contribution in [-0.4, -0.2) is 23.4 Å². The van der Waals surface area contributed by atoms with E-state index in [0.29, 0.717) is 5.92 Å². The molecule has 1 atom stereocenters. The third-order valence-corrected chi connectivity index (χ3v) is 3.79. The van der Waals surface area contributed by atoms with Gasteiger partial charge in [-0.1, -0.05) is 56.5 Å². The van der Waals surface area contributed by atoms with Crippen molar-refractivity contribution in [2.45, 2.75) is 45.4 Å². The molecule has 0 radical (unpaired) electrons. The molecule has 0 saturated carbocycles. The monoisotopic (exact) mass is 250 g/mol. The van der Waals surface area contributed by atoms with Crippen molar-refractivity contribution in [1.29, 1.82) is 0 Å². The Kier molecular flexibility index (Phi) is 5.83. The zero-order valence-corrected chi connectivity index (χ0v) is 11.8. The van der Waals surface area contributed by atoms with Crippen molar-refractivity contribution < 1.29 is 10.2 Å². The third kappa shape index (κ3) is 3.56. The Labute approximate surface area is 111 Å². The van der Waals surface area contributed by atoms with Gasteiger partial charge in [-0.3, -0.25) is 0 Å². The highest BCUT2D eigenvalue weighted by molar-refractivity contribution is 5.29. The minimum atomic E-state index is -0.498. The molecule has 0 amide bonds. The lowest BCUT2D eigenvalue weighted by atomic mass is 9.74. The summed E-state index contributed by atoms with van der Waals surface area (Å²) in [6.07, 6.45) is 3.10. The summed E-state index contributed by atoms with van der Waals surface area (Å²) in [5.41, 5.74) is 1.74. The molecule has 0 aliphatic heterocycles. The first-order valence-electron chi connectivity index (χ1n) is 6.87. The van der Waals surface area contributed by atoms with E-state index in [2.05, 4.69) is 13.8 Å². The van der Waals surface area contributed by atoms with Crippen molar-refractivity contribution >= 4 is 0 Å². The van der Waals surface area contributed by atoms with Gasteiger partial charge in [-0.15, -0.1) is 0 Å². The quantitative estimate of drug-likeness (QED) is 0.781. The second-order valence-electron chi connectivity index (χ2n) is 5.56. The summed E-state index contributed by atoms with van der Waals surface area (Å²) in [5.74, 6) is 0.510. The summed E-state index contributed by atoms with van der Waals surface area (Å²) in [6, 6.07) is 8.14. The van der Waals surface area contributed by atoms with Gasteiger partial charge in [0, 0.05) is 5.41 Å². The largest absolute Gasteiger partial charge is 0.395 e. The maximum atomic E-state index is 9.76. The number of rotatable bonds is 7. The molecule has 0 spiro atoms. The molecule has 1 aromatic rings. The fraction of sp³-hybridized carbons (Fsp3) is 0.625. The van der Waals surface area contributed by atoms with Crippen molar-refractivity contribution in [1.82, 2.24) is 0 Å². The molecule has 2 N–H and O–H groups in total. The van der Waals surface area contributed by atoms with Crippen molar-refractivity contribution in [2.75, 3.05) is 13.2 Å².